The van der Waals surface area contributed by atoms with Gasteiger partial charge in [0.15, 0.2) is 0 Å². The van der Waals surface area contributed by atoms with Crippen molar-refractivity contribution in [1.82, 2.24) is 9.21 Å². The van der Waals surface area contributed by atoms with E-state index in [0.29, 0.717) is 29.2 Å². The van der Waals surface area contributed by atoms with Crippen LogP contribution in [0.3, 0.4) is 0 Å². The number of rotatable bonds is 4. The third-order valence-corrected chi connectivity index (χ3v) is 7.79. The number of fused-ring (bicyclic) bond motifs is 2. The van der Waals surface area contributed by atoms with Crippen LogP contribution in [0.2, 0.25) is 0 Å². The summed E-state index contributed by atoms with van der Waals surface area (Å²) in [6.45, 7) is 1.29. The Morgan fingerprint density at radius 3 is 2.56 bits per heavy atom. The van der Waals surface area contributed by atoms with E-state index in [1.165, 1.54) is 38.4 Å². The first-order chi connectivity index (χ1) is 15.3. The molecule has 1 N–H and O–H groups in total. The van der Waals surface area contributed by atoms with Crippen molar-refractivity contribution >= 4 is 27.5 Å². The van der Waals surface area contributed by atoms with Crippen LogP contribution in [-0.4, -0.2) is 62.7 Å². The molecule has 0 saturated carbocycles. The smallest absolute Gasteiger partial charge is 0.257 e. The summed E-state index contributed by atoms with van der Waals surface area (Å²) in [4.78, 5) is 27.9. The quantitative estimate of drug-likeness (QED) is 0.762. The normalized spacial score (nSPS) is 18.8. The van der Waals surface area contributed by atoms with Crippen LogP contribution in [0.15, 0.2) is 47.4 Å². The summed E-state index contributed by atoms with van der Waals surface area (Å²) < 4.78 is 31.4. The van der Waals surface area contributed by atoms with Gasteiger partial charge >= 0.3 is 0 Å². The number of hydrogen-bond donors (Lipinski definition) is 1. The predicted molar refractivity (Wildman–Crippen MR) is 120 cm³/mol. The molecule has 0 aliphatic carbocycles. The van der Waals surface area contributed by atoms with Crippen molar-refractivity contribution in [2.45, 2.75) is 36.6 Å². The molecule has 8 nitrogen and oxygen atoms in total. The molecule has 2 aliphatic heterocycles. The minimum absolute atomic E-state index is 0.0706. The summed E-state index contributed by atoms with van der Waals surface area (Å²) in [5, 5.41) is 2.79. The molecule has 2 amide bonds. The van der Waals surface area contributed by atoms with Crippen molar-refractivity contribution < 1.29 is 22.7 Å². The molecule has 0 spiro atoms. The van der Waals surface area contributed by atoms with Gasteiger partial charge in [-0.05, 0) is 61.7 Å². The van der Waals surface area contributed by atoms with Gasteiger partial charge in [0.05, 0.1) is 17.1 Å². The number of nitrogens with zero attached hydrogens (tertiary/aromatic N) is 2. The molecule has 1 fully saturated rings. The van der Waals surface area contributed by atoms with Gasteiger partial charge in [-0.25, -0.2) is 12.7 Å². The Bertz CT molecular complexity index is 1130. The lowest BCUT2D eigenvalue weighted by Crippen LogP contribution is -2.45. The summed E-state index contributed by atoms with van der Waals surface area (Å²) in [7, 11) is -0.662. The molecule has 2 aromatic carbocycles. The standard InChI is InChI=1S/C23H27N3O5S/c1-25(2)32(29,30)19-9-6-16(7-10-19)22(27)24-17-8-11-21-20(15-17)23(28)26-13-4-3-5-18(26)12-14-31-21/h6-11,15,18H,3-5,12-14H2,1-2H3,(H,24,27). The number of benzene rings is 2. The number of sulfonamides is 1. The van der Waals surface area contributed by atoms with E-state index in [-0.39, 0.29) is 16.8 Å². The maximum atomic E-state index is 13.2. The van der Waals surface area contributed by atoms with E-state index < -0.39 is 15.9 Å². The molecule has 9 heteroatoms. The van der Waals surface area contributed by atoms with Crippen LogP contribution in [0.25, 0.3) is 0 Å². The molecule has 170 valence electrons. The minimum atomic E-state index is -3.57. The fourth-order valence-electron chi connectivity index (χ4n) is 4.12. The van der Waals surface area contributed by atoms with E-state index in [0.717, 1.165) is 36.5 Å². The number of carbonyl (C=O) groups is 2. The van der Waals surface area contributed by atoms with Crippen LogP contribution in [0.4, 0.5) is 5.69 Å². The van der Waals surface area contributed by atoms with Crippen LogP contribution in [-0.2, 0) is 10.0 Å². The summed E-state index contributed by atoms with van der Waals surface area (Å²) >= 11 is 0. The van der Waals surface area contributed by atoms with Crippen molar-refractivity contribution in [3.8, 4) is 5.75 Å². The molecule has 0 radical (unpaired) electrons. The zero-order valence-corrected chi connectivity index (χ0v) is 19.0. The minimum Gasteiger partial charge on any atom is -0.493 e. The lowest BCUT2D eigenvalue weighted by atomic mass is 9.97. The van der Waals surface area contributed by atoms with E-state index in [2.05, 4.69) is 5.32 Å². The average molecular weight is 458 g/mol. The number of carbonyl (C=O) groups excluding carboxylic acids is 2. The maximum Gasteiger partial charge on any atom is 0.257 e. The zero-order valence-electron chi connectivity index (χ0n) is 18.2. The highest BCUT2D eigenvalue weighted by Gasteiger charge is 2.31. The summed E-state index contributed by atoms with van der Waals surface area (Å²) in [5.74, 6) is 0.0582. The molecular weight excluding hydrogens is 430 g/mol. The topological polar surface area (TPSA) is 96.0 Å². The number of ether oxygens (including phenoxy) is 1. The Labute approximate surface area is 188 Å². The average Bonchev–Trinajstić information content (AvgIpc) is 2.78. The van der Waals surface area contributed by atoms with Gasteiger partial charge in [-0.1, -0.05) is 0 Å². The second kappa shape index (κ2) is 8.91. The molecule has 2 aliphatic rings. The van der Waals surface area contributed by atoms with Crippen LogP contribution in [0.1, 0.15) is 46.4 Å². The van der Waals surface area contributed by atoms with Gasteiger partial charge in [0.25, 0.3) is 11.8 Å². The maximum absolute atomic E-state index is 13.2. The van der Waals surface area contributed by atoms with Crippen molar-refractivity contribution in [3.05, 3.63) is 53.6 Å². The fraction of sp³-hybridized carbons (Fsp3) is 0.391. The van der Waals surface area contributed by atoms with Gasteiger partial charge in [-0.3, -0.25) is 9.59 Å². The van der Waals surface area contributed by atoms with E-state index in [1.54, 1.807) is 18.2 Å². The van der Waals surface area contributed by atoms with Crippen molar-refractivity contribution in [3.63, 3.8) is 0 Å². The van der Waals surface area contributed by atoms with Crippen LogP contribution in [0, 0.1) is 0 Å². The fourth-order valence-corrected chi connectivity index (χ4v) is 5.02. The Kier molecular flexibility index (Phi) is 6.21. The van der Waals surface area contributed by atoms with Gasteiger partial charge in [-0.2, -0.15) is 0 Å². The molecule has 0 bridgehead atoms. The van der Waals surface area contributed by atoms with Crippen LogP contribution >= 0.6 is 0 Å². The molecule has 1 atom stereocenters. The molecule has 1 saturated heterocycles. The Hall–Kier alpha value is -2.91. The Morgan fingerprint density at radius 2 is 1.84 bits per heavy atom. The molecule has 4 rings (SSSR count). The largest absolute Gasteiger partial charge is 0.493 e. The van der Waals surface area contributed by atoms with Gasteiger partial charge in [0, 0.05) is 44.4 Å². The van der Waals surface area contributed by atoms with E-state index in [1.807, 2.05) is 4.90 Å². The van der Waals surface area contributed by atoms with Gasteiger partial charge in [0.2, 0.25) is 10.0 Å². The first-order valence-corrected chi connectivity index (χ1v) is 12.1. The molecule has 2 heterocycles. The van der Waals surface area contributed by atoms with Crippen molar-refractivity contribution in [2.24, 2.45) is 0 Å². The van der Waals surface area contributed by atoms with Crippen LogP contribution in [0.5, 0.6) is 5.75 Å². The molecular formula is C23H27N3O5S. The first kappa shape index (κ1) is 22.3. The van der Waals surface area contributed by atoms with E-state index in [4.69, 9.17) is 4.74 Å². The third kappa shape index (κ3) is 4.35. The highest BCUT2D eigenvalue weighted by molar-refractivity contribution is 7.89. The highest BCUT2D eigenvalue weighted by Crippen LogP contribution is 2.31. The van der Waals surface area contributed by atoms with Crippen LogP contribution < -0.4 is 10.1 Å². The number of anilines is 1. The Morgan fingerprint density at radius 1 is 1.09 bits per heavy atom. The molecule has 1 unspecified atom stereocenters. The zero-order chi connectivity index (χ0) is 22.9. The second-order valence-electron chi connectivity index (χ2n) is 8.26. The summed E-state index contributed by atoms with van der Waals surface area (Å²) in [6, 6.07) is 11.0. The van der Waals surface area contributed by atoms with Gasteiger partial charge < -0.3 is 15.0 Å². The van der Waals surface area contributed by atoms with Crippen molar-refractivity contribution in [2.75, 3.05) is 32.6 Å². The monoisotopic (exact) mass is 457 g/mol. The predicted octanol–water partition coefficient (Wildman–Crippen LogP) is 2.97. The van der Waals surface area contributed by atoms with Gasteiger partial charge in [-0.15, -0.1) is 0 Å². The number of hydrogen-bond acceptors (Lipinski definition) is 5. The lowest BCUT2D eigenvalue weighted by Gasteiger charge is -2.37. The number of piperidine rings is 1. The SMILES string of the molecule is CN(C)S(=O)(=O)c1ccc(C(=O)Nc2ccc3c(c2)C(=O)N2CCCCC2CCO3)cc1. The van der Waals surface area contributed by atoms with Crippen molar-refractivity contribution in [1.29, 1.82) is 0 Å². The van der Waals surface area contributed by atoms with Gasteiger partial charge in [0.1, 0.15) is 5.75 Å². The lowest BCUT2D eigenvalue weighted by molar-refractivity contribution is 0.0548. The third-order valence-electron chi connectivity index (χ3n) is 5.96. The molecule has 2 aromatic rings. The number of nitrogens with one attached hydrogen (secondary N) is 1. The molecule has 0 aromatic heterocycles. The second-order valence-corrected chi connectivity index (χ2v) is 10.4. The molecule has 32 heavy (non-hydrogen) atoms. The Balaban J connectivity index is 1.54. The summed E-state index contributed by atoms with van der Waals surface area (Å²) in [5.41, 5.74) is 1.24. The first-order valence-electron chi connectivity index (χ1n) is 10.7. The van der Waals surface area contributed by atoms with E-state index in [9.17, 15) is 18.0 Å². The highest BCUT2D eigenvalue weighted by atomic mass is 32.2. The summed E-state index contributed by atoms with van der Waals surface area (Å²) in [6.07, 6.45) is 3.92. The number of amides is 2. The van der Waals surface area contributed by atoms with E-state index >= 15 is 0 Å².